The van der Waals surface area contributed by atoms with Gasteiger partial charge in [-0.25, -0.2) is 4.39 Å². The van der Waals surface area contributed by atoms with Gasteiger partial charge in [0.05, 0.1) is 5.56 Å². The van der Waals surface area contributed by atoms with Gasteiger partial charge in [-0.15, -0.1) is 0 Å². The number of carbonyl (C=O) groups is 1. The molecule has 0 bridgehead atoms. The number of nitrogens with one attached hydrogen (secondary N) is 1. The quantitative estimate of drug-likeness (QED) is 0.855. The summed E-state index contributed by atoms with van der Waals surface area (Å²) < 4.78 is 50.0. The lowest BCUT2D eigenvalue weighted by molar-refractivity contribution is -0.137. The molecule has 2 aromatic rings. The van der Waals surface area contributed by atoms with E-state index >= 15 is 0 Å². The van der Waals surface area contributed by atoms with Crippen LogP contribution in [0.25, 0.3) is 0 Å². The predicted octanol–water partition coefficient (Wildman–Crippen LogP) is 3.82. The smallest absolute Gasteiger partial charge is 0.352 e. The van der Waals surface area contributed by atoms with Gasteiger partial charge in [-0.3, -0.25) is 4.79 Å². The van der Waals surface area contributed by atoms with Crippen molar-refractivity contribution in [3.05, 3.63) is 71.0 Å². The number of benzene rings is 2. The van der Waals surface area contributed by atoms with E-state index in [1.54, 1.807) is 12.1 Å². The molecule has 0 aliphatic carbocycles. The molecule has 0 aliphatic heterocycles. The molecule has 0 radical (unpaired) electrons. The number of hydrogen-bond acceptors (Lipinski definition) is 1. The number of rotatable bonds is 4. The Morgan fingerprint density at radius 3 is 2.09 bits per heavy atom. The van der Waals surface area contributed by atoms with Gasteiger partial charge in [-0.1, -0.05) is 12.1 Å². The summed E-state index contributed by atoms with van der Waals surface area (Å²) in [5.74, 6) is -0.784. The molecule has 0 spiro atoms. The minimum atomic E-state index is -4.42. The van der Waals surface area contributed by atoms with Crippen LogP contribution in [-0.2, 0) is 12.6 Å². The number of alkyl halides is 3. The summed E-state index contributed by atoms with van der Waals surface area (Å²) in [7, 11) is 0. The highest BCUT2D eigenvalue weighted by atomic mass is 19.4. The molecule has 2 nitrogen and oxygen atoms in total. The second-order valence-corrected chi connectivity index (χ2v) is 4.71. The van der Waals surface area contributed by atoms with Crippen molar-refractivity contribution in [2.75, 3.05) is 6.54 Å². The van der Waals surface area contributed by atoms with Crippen LogP contribution >= 0.6 is 0 Å². The molecule has 0 saturated carbocycles. The summed E-state index contributed by atoms with van der Waals surface area (Å²) >= 11 is 0. The average Bonchev–Trinajstić information content (AvgIpc) is 2.48. The highest BCUT2D eigenvalue weighted by molar-refractivity contribution is 5.94. The Bertz CT molecular complexity index is 633. The highest BCUT2D eigenvalue weighted by Crippen LogP contribution is 2.29. The van der Waals surface area contributed by atoms with E-state index in [1.807, 2.05) is 0 Å². The molecule has 2 aromatic carbocycles. The van der Waals surface area contributed by atoms with Gasteiger partial charge in [0, 0.05) is 12.1 Å². The van der Waals surface area contributed by atoms with Crippen LogP contribution in [0.3, 0.4) is 0 Å². The lowest BCUT2D eigenvalue weighted by Crippen LogP contribution is -2.25. The van der Waals surface area contributed by atoms with Crippen molar-refractivity contribution in [1.29, 1.82) is 0 Å². The molecule has 0 aromatic heterocycles. The fraction of sp³-hybridized carbons (Fsp3) is 0.188. The predicted molar refractivity (Wildman–Crippen MR) is 73.9 cm³/mol. The van der Waals surface area contributed by atoms with E-state index in [0.29, 0.717) is 13.0 Å². The van der Waals surface area contributed by atoms with Crippen LogP contribution in [0.15, 0.2) is 48.5 Å². The van der Waals surface area contributed by atoms with E-state index in [1.165, 1.54) is 12.1 Å². The van der Waals surface area contributed by atoms with E-state index in [4.69, 9.17) is 0 Å². The summed E-state index contributed by atoms with van der Waals surface area (Å²) in [6.45, 7) is 0.311. The molecule has 0 aliphatic rings. The van der Waals surface area contributed by atoms with Crippen molar-refractivity contribution in [2.45, 2.75) is 12.6 Å². The molecule has 0 unspecified atom stereocenters. The van der Waals surface area contributed by atoms with Gasteiger partial charge >= 0.3 is 6.18 Å². The molecule has 22 heavy (non-hydrogen) atoms. The lowest BCUT2D eigenvalue weighted by atomic mass is 10.1. The highest BCUT2D eigenvalue weighted by Gasteiger charge is 2.30. The molecular formula is C16H13F4NO. The molecule has 1 amide bonds. The lowest BCUT2D eigenvalue weighted by Gasteiger charge is -2.08. The van der Waals surface area contributed by atoms with Crippen molar-refractivity contribution >= 4 is 5.91 Å². The largest absolute Gasteiger partial charge is 0.416 e. The third-order valence-corrected chi connectivity index (χ3v) is 3.09. The van der Waals surface area contributed by atoms with Crippen LogP contribution in [0.5, 0.6) is 0 Å². The second kappa shape index (κ2) is 6.60. The Morgan fingerprint density at radius 2 is 1.55 bits per heavy atom. The molecule has 0 heterocycles. The van der Waals surface area contributed by atoms with Gasteiger partial charge in [0.15, 0.2) is 0 Å². The summed E-state index contributed by atoms with van der Waals surface area (Å²) in [5, 5.41) is 2.61. The van der Waals surface area contributed by atoms with Gasteiger partial charge in [-0.2, -0.15) is 13.2 Å². The minimum Gasteiger partial charge on any atom is -0.352 e. The molecule has 0 atom stereocenters. The third kappa shape index (κ3) is 4.31. The van der Waals surface area contributed by atoms with Crippen molar-refractivity contribution in [3.63, 3.8) is 0 Å². The van der Waals surface area contributed by atoms with Crippen LogP contribution in [-0.4, -0.2) is 12.5 Å². The number of hydrogen-bond donors (Lipinski definition) is 1. The molecule has 1 N–H and O–H groups in total. The van der Waals surface area contributed by atoms with Gasteiger partial charge in [0.2, 0.25) is 0 Å². The van der Waals surface area contributed by atoms with Crippen molar-refractivity contribution in [2.24, 2.45) is 0 Å². The van der Waals surface area contributed by atoms with E-state index in [0.717, 1.165) is 29.8 Å². The van der Waals surface area contributed by atoms with E-state index < -0.39 is 17.6 Å². The zero-order chi connectivity index (χ0) is 16.2. The first kappa shape index (κ1) is 16.0. The average molecular weight is 311 g/mol. The van der Waals surface area contributed by atoms with Crippen LogP contribution in [0.2, 0.25) is 0 Å². The summed E-state index contributed by atoms with van der Waals surface area (Å²) in [6.07, 6.45) is -3.91. The zero-order valence-electron chi connectivity index (χ0n) is 11.5. The SMILES string of the molecule is O=C(NCCc1ccc(F)cc1)c1ccc(C(F)(F)F)cc1. The van der Waals surface area contributed by atoms with Crippen LogP contribution in [0, 0.1) is 5.82 Å². The fourth-order valence-electron chi connectivity index (χ4n) is 1.88. The summed E-state index contributed by atoms with van der Waals surface area (Å²) in [4.78, 5) is 11.8. The Labute approximate surface area is 124 Å². The monoisotopic (exact) mass is 311 g/mol. The Hall–Kier alpha value is -2.37. The van der Waals surface area contributed by atoms with Gasteiger partial charge in [0.25, 0.3) is 5.91 Å². The Kier molecular flexibility index (Phi) is 4.80. The topological polar surface area (TPSA) is 29.1 Å². The van der Waals surface area contributed by atoms with E-state index in [-0.39, 0.29) is 11.4 Å². The van der Waals surface area contributed by atoms with Gasteiger partial charge in [0.1, 0.15) is 5.82 Å². The molecule has 6 heteroatoms. The van der Waals surface area contributed by atoms with Crippen LogP contribution in [0.4, 0.5) is 17.6 Å². The molecule has 116 valence electrons. The number of carbonyl (C=O) groups excluding carboxylic acids is 1. The molecule has 2 rings (SSSR count). The third-order valence-electron chi connectivity index (χ3n) is 3.09. The van der Waals surface area contributed by atoms with Crippen molar-refractivity contribution in [3.8, 4) is 0 Å². The first-order valence-corrected chi connectivity index (χ1v) is 6.56. The molecule has 0 fully saturated rings. The maximum atomic E-state index is 12.7. The second-order valence-electron chi connectivity index (χ2n) is 4.71. The summed E-state index contributed by atoms with van der Waals surface area (Å²) in [6, 6.07) is 9.88. The maximum Gasteiger partial charge on any atom is 0.416 e. The van der Waals surface area contributed by atoms with E-state index in [9.17, 15) is 22.4 Å². The normalized spacial score (nSPS) is 11.3. The maximum absolute atomic E-state index is 12.7. The number of amides is 1. The van der Waals surface area contributed by atoms with Gasteiger partial charge < -0.3 is 5.32 Å². The molecule has 0 saturated heterocycles. The zero-order valence-corrected chi connectivity index (χ0v) is 11.5. The van der Waals surface area contributed by atoms with Crippen molar-refractivity contribution in [1.82, 2.24) is 5.32 Å². The Morgan fingerprint density at radius 1 is 0.955 bits per heavy atom. The first-order chi connectivity index (χ1) is 10.4. The van der Waals surface area contributed by atoms with E-state index in [2.05, 4.69) is 5.32 Å². The van der Waals surface area contributed by atoms with Crippen LogP contribution < -0.4 is 5.32 Å². The van der Waals surface area contributed by atoms with Crippen molar-refractivity contribution < 1.29 is 22.4 Å². The molecular weight excluding hydrogens is 298 g/mol. The Balaban J connectivity index is 1.88. The first-order valence-electron chi connectivity index (χ1n) is 6.56. The standard InChI is InChI=1S/C16H13F4NO/c17-14-7-1-11(2-8-14)9-10-21-15(22)12-3-5-13(6-4-12)16(18,19)20/h1-8H,9-10H2,(H,21,22). The fourth-order valence-corrected chi connectivity index (χ4v) is 1.88. The van der Waals surface area contributed by atoms with Crippen LogP contribution in [0.1, 0.15) is 21.5 Å². The number of halogens is 4. The minimum absolute atomic E-state index is 0.159. The summed E-state index contributed by atoms with van der Waals surface area (Å²) in [5.41, 5.74) is 0.219. The van der Waals surface area contributed by atoms with Gasteiger partial charge in [-0.05, 0) is 48.4 Å².